The molecule has 0 aliphatic carbocycles. The van der Waals surface area contributed by atoms with Gasteiger partial charge in [-0.3, -0.25) is 4.79 Å². The second-order valence-corrected chi connectivity index (χ2v) is 4.55. The molecule has 0 spiro atoms. The summed E-state index contributed by atoms with van der Waals surface area (Å²) in [6.45, 7) is 3.78. The van der Waals surface area contributed by atoms with E-state index in [0.717, 1.165) is 0 Å². The number of ether oxygens (including phenoxy) is 1. The summed E-state index contributed by atoms with van der Waals surface area (Å²) in [7, 11) is 0. The van der Waals surface area contributed by atoms with Gasteiger partial charge < -0.3 is 14.6 Å². The van der Waals surface area contributed by atoms with Gasteiger partial charge in [0, 0.05) is 11.8 Å². The number of carbonyl (C=O) groups excluding carboxylic acids is 2. The van der Waals surface area contributed by atoms with Crippen LogP contribution in [-0.2, 0) is 9.53 Å². The predicted octanol–water partition coefficient (Wildman–Crippen LogP) is 0.489. The molecule has 0 saturated heterocycles. The van der Waals surface area contributed by atoms with Crippen LogP contribution < -0.4 is 5.11 Å². The zero-order valence-corrected chi connectivity index (χ0v) is 10.3. The molecular weight excluding hydrogens is 242 g/mol. The highest BCUT2D eigenvalue weighted by Gasteiger charge is 2.15. The van der Waals surface area contributed by atoms with E-state index < -0.39 is 5.97 Å². The third-order valence-corrected chi connectivity index (χ3v) is 2.92. The lowest BCUT2D eigenvalue weighted by molar-refractivity contribution is -0.255. The highest BCUT2D eigenvalue weighted by atomic mass is 32.2. The maximum absolute atomic E-state index is 11.3. The van der Waals surface area contributed by atoms with Crippen molar-refractivity contribution >= 4 is 23.7 Å². The van der Waals surface area contributed by atoms with E-state index in [4.69, 9.17) is 4.74 Å². The number of thioether (sulfide) groups is 1. The standard InChI is InChI=1S/C11H13NO4S/c1-3-16-11(15)7(2)17-9-5-4-8(6-12-9)10(13)14/h4-7H,3H2,1-2H3,(H,13,14)/p-1/t7-/m1/s1. The summed E-state index contributed by atoms with van der Waals surface area (Å²) in [5, 5.41) is 10.7. The molecule has 17 heavy (non-hydrogen) atoms. The van der Waals surface area contributed by atoms with E-state index >= 15 is 0 Å². The van der Waals surface area contributed by atoms with Crippen LogP contribution in [0.2, 0.25) is 0 Å². The zero-order valence-electron chi connectivity index (χ0n) is 9.50. The SMILES string of the molecule is CCOC(=O)[C@@H](C)Sc1ccc(C(=O)[O-])cn1. The molecule has 92 valence electrons. The predicted molar refractivity (Wildman–Crippen MR) is 60.5 cm³/mol. The number of esters is 1. The van der Waals surface area contributed by atoms with Crippen LogP contribution in [0.3, 0.4) is 0 Å². The summed E-state index contributed by atoms with van der Waals surface area (Å²) in [6.07, 6.45) is 1.20. The Morgan fingerprint density at radius 1 is 1.53 bits per heavy atom. The Bertz CT molecular complexity index is 404. The van der Waals surface area contributed by atoms with Gasteiger partial charge in [-0.15, -0.1) is 0 Å². The van der Waals surface area contributed by atoms with E-state index in [2.05, 4.69) is 4.98 Å². The first kappa shape index (κ1) is 13.5. The summed E-state index contributed by atoms with van der Waals surface area (Å²) in [5.74, 6) is -1.59. The van der Waals surface area contributed by atoms with Crippen molar-refractivity contribution in [1.82, 2.24) is 4.98 Å². The zero-order chi connectivity index (χ0) is 12.8. The molecule has 1 aromatic rings. The minimum Gasteiger partial charge on any atom is -0.545 e. The van der Waals surface area contributed by atoms with Gasteiger partial charge in [0.1, 0.15) is 5.25 Å². The Morgan fingerprint density at radius 2 is 2.24 bits per heavy atom. The summed E-state index contributed by atoms with van der Waals surface area (Å²) in [5.41, 5.74) is 0.0122. The molecule has 0 aliphatic rings. The lowest BCUT2D eigenvalue weighted by Crippen LogP contribution is -2.22. The van der Waals surface area contributed by atoms with Gasteiger partial charge in [-0.05, 0) is 26.0 Å². The summed E-state index contributed by atoms with van der Waals surface area (Å²) >= 11 is 1.21. The van der Waals surface area contributed by atoms with Gasteiger partial charge >= 0.3 is 5.97 Å². The lowest BCUT2D eigenvalue weighted by atomic mass is 10.3. The van der Waals surface area contributed by atoms with Gasteiger partial charge in [0.15, 0.2) is 0 Å². The number of pyridine rings is 1. The Hall–Kier alpha value is -1.56. The van der Waals surface area contributed by atoms with E-state index in [1.54, 1.807) is 13.8 Å². The van der Waals surface area contributed by atoms with Gasteiger partial charge in [-0.25, -0.2) is 4.98 Å². The fraction of sp³-hybridized carbons (Fsp3) is 0.364. The van der Waals surface area contributed by atoms with Crippen molar-refractivity contribution in [3.05, 3.63) is 23.9 Å². The first-order valence-electron chi connectivity index (χ1n) is 5.05. The molecule has 0 unspecified atom stereocenters. The highest BCUT2D eigenvalue weighted by molar-refractivity contribution is 8.00. The summed E-state index contributed by atoms with van der Waals surface area (Å²) in [6, 6.07) is 2.92. The highest BCUT2D eigenvalue weighted by Crippen LogP contribution is 2.21. The molecule has 0 bridgehead atoms. The largest absolute Gasteiger partial charge is 0.545 e. The van der Waals surface area contributed by atoms with Gasteiger partial charge in [-0.2, -0.15) is 0 Å². The van der Waals surface area contributed by atoms with E-state index in [-0.39, 0.29) is 16.8 Å². The van der Waals surface area contributed by atoms with E-state index in [0.29, 0.717) is 11.6 Å². The van der Waals surface area contributed by atoms with E-state index in [9.17, 15) is 14.7 Å². The normalized spacial score (nSPS) is 11.9. The molecule has 1 aromatic heterocycles. The molecule has 0 aromatic carbocycles. The third kappa shape index (κ3) is 4.07. The second kappa shape index (κ2) is 6.24. The molecule has 6 heteroatoms. The minimum atomic E-state index is -1.27. The number of nitrogens with zero attached hydrogens (tertiary/aromatic N) is 1. The number of aromatic carboxylic acids is 1. The Morgan fingerprint density at radius 3 is 2.71 bits per heavy atom. The Labute approximate surface area is 103 Å². The minimum absolute atomic E-state index is 0.0122. The molecule has 0 saturated carbocycles. The molecule has 1 atom stereocenters. The monoisotopic (exact) mass is 254 g/mol. The topological polar surface area (TPSA) is 79.3 Å². The Balaban J connectivity index is 2.63. The van der Waals surface area contributed by atoms with Crippen molar-refractivity contribution in [3.63, 3.8) is 0 Å². The molecule has 0 aliphatic heterocycles. The van der Waals surface area contributed by atoms with Crippen LogP contribution in [0.15, 0.2) is 23.4 Å². The van der Waals surface area contributed by atoms with Crippen LogP contribution in [0.1, 0.15) is 24.2 Å². The maximum atomic E-state index is 11.3. The van der Waals surface area contributed by atoms with Crippen LogP contribution in [0.25, 0.3) is 0 Å². The average Bonchev–Trinajstić information content (AvgIpc) is 2.30. The summed E-state index contributed by atoms with van der Waals surface area (Å²) < 4.78 is 4.85. The molecular formula is C11H12NO4S-. The quantitative estimate of drug-likeness (QED) is 0.562. The molecule has 0 amide bonds. The van der Waals surface area contributed by atoms with Gasteiger partial charge in [0.05, 0.1) is 17.6 Å². The maximum Gasteiger partial charge on any atom is 0.319 e. The van der Waals surface area contributed by atoms with Crippen molar-refractivity contribution in [1.29, 1.82) is 0 Å². The lowest BCUT2D eigenvalue weighted by Gasteiger charge is -2.09. The van der Waals surface area contributed by atoms with E-state index in [1.807, 2.05) is 0 Å². The van der Waals surface area contributed by atoms with Crippen LogP contribution in [-0.4, -0.2) is 28.8 Å². The van der Waals surface area contributed by atoms with Crippen molar-refractivity contribution in [3.8, 4) is 0 Å². The van der Waals surface area contributed by atoms with Gasteiger partial charge in [0.25, 0.3) is 0 Å². The molecule has 0 N–H and O–H groups in total. The summed E-state index contributed by atoms with van der Waals surface area (Å²) in [4.78, 5) is 25.8. The molecule has 1 heterocycles. The first-order valence-corrected chi connectivity index (χ1v) is 5.93. The number of carbonyl (C=O) groups is 2. The van der Waals surface area contributed by atoms with Crippen molar-refractivity contribution in [2.75, 3.05) is 6.61 Å². The van der Waals surface area contributed by atoms with Crippen LogP contribution >= 0.6 is 11.8 Å². The van der Waals surface area contributed by atoms with Gasteiger partial charge in [0.2, 0.25) is 0 Å². The average molecular weight is 254 g/mol. The number of carboxylic acids is 1. The van der Waals surface area contributed by atoms with Gasteiger partial charge in [-0.1, -0.05) is 11.8 Å². The second-order valence-electron chi connectivity index (χ2n) is 3.18. The number of carboxylic acid groups (broad SMARTS) is 1. The van der Waals surface area contributed by atoms with Crippen molar-refractivity contribution in [2.45, 2.75) is 24.1 Å². The molecule has 1 rings (SSSR count). The smallest absolute Gasteiger partial charge is 0.319 e. The first-order chi connectivity index (χ1) is 8.04. The number of rotatable bonds is 5. The van der Waals surface area contributed by atoms with Crippen molar-refractivity contribution in [2.24, 2.45) is 0 Å². The number of aromatic nitrogens is 1. The number of hydrogen-bond donors (Lipinski definition) is 0. The van der Waals surface area contributed by atoms with Crippen LogP contribution in [0.4, 0.5) is 0 Å². The molecule has 0 fully saturated rings. The van der Waals surface area contributed by atoms with Crippen molar-refractivity contribution < 1.29 is 19.4 Å². The molecule has 5 nitrogen and oxygen atoms in total. The van der Waals surface area contributed by atoms with E-state index in [1.165, 1.54) is 30.1 Å². The fourth-order valence-corrected chi connectivity index (χ4v) is 1.85. The fourth-order valence-electron chi connectivity index (χ4n) is 1.06. The third-order valence-electron chi connectivity index (χ3n) is 1.89. The number of hydrogen-bond acceptors (Lipinski definition) is 6. The Kier molecular flexibility index (Phi) is 4.96. The van der Waals surface area contributed by atoms with Crippen LogP contribution in [0.5, 0.6) is 0 Å². The van der Waals surface area contributed by atoms with Crippen LogP contribution in [0, 0.1) is 0 Å². The molecule has 0 radical (unpaired) electrons.